The summed E-state index contributed by atoms with van der Waals surface area (Å²) in [5, 5.41) is 12.4. The summed E-state index contributed by atoms with van der Waals surface area (Å²) in [7, 11) is 0. The van der Waals surface area contributed by atoms with Gasteiger partial charge in [0, 0.05) is 12.7 Å². The van der Waals surface area contributed by atoms with E-state index in [0.29, 0.717) is 23.1 Å². The highest BCUT2D eigenvalue weighted by Crippen LogP contribution is 2.18. The van der Waals surface area contributed by atoms with Gasteiger partial charge in [-0.3, -0.25) is 0 Å². The number of aliphatic hydroxyl groups is 1. The van der Waals surface area contributed by atoms with E-state index < -0.39 is 6.10 Å². The topological polar surface area (TPSA) is 71.2 Å². The van der Waals surface area contributed by atoms with Crippen molar-refractivity contribution in [1.29, 1.82) is 0 Å². The van der Waals surface area contributed by atoms with Crippen LogP contribution in [0.4, 0.5) is 11.5 Å². The van der Waals surface area contributed by atoms with Crippen LogP contribution in [0.5, 0.6) is 0 Å². The minimum atomic E-state index is -0.433. The number of nitrogens with two attached hydrogens (primary N) is 1. The summed E-state index contributed by atoms with van der Waals surface area (Å²) in [5.74, 6) is 0.547. The SMILES string of the molecule is CC(O)CNc1ncc(Cl)cc1N. The molecule has 0 aliphatic rings. The van der Waals surface area contributed by atoms with Crippen LogP contribution in [0.2, 0.25) is 5.02 Å². The van der Waals surface area contributed by atoms with E-state index in [-0.39, 0.29) is 0 Å². The molecule has 0 aromatic carbocycles. The summed E-state index contributed by atoms with van der Waals surface area (Å²) >= 11 is 5.66. The second-order valence-corrected chi connectivity index (χ2v) is 3.26. The molecule has 1 heterocycles. The van der Waals surface area contributed by atoms with Gasteiger partial charge < -0.3 is 16.2 Å². The van der Waals surface area contributed by atoms with Crippen LogP contribution in [-0.2, 0) is 0 Å². The molecular weight excluding hydrogens is 190 g/mol. The van der Waals surface area contributed by atoms with E-state index in [1.807, 2.05) is 0 Å². The fourth-order valence-electron chi connectivity index (χ4n) is 0.847. The van der Waals surface area contributed by atoms with E-state index >= 15 is 0 Å². The maximum Gasteiger partial charge on any atom is 0.149 e. The van der Waals surface area contributed by atoms with E-state index in [9.17, 15) is 0 Å². The van der Waals surface area contributed by atoms with E-state index in [2.05, 4.69) is 10.3 Å². The van der Waals surface area contributed by atoms with Gasteiger partial charge in [-0.25, -0.2) is 4.98 Å². The van der Waals surface area contributed by atoms with Gasteiger partial charge in [0.05, 0.1) is 16.8 Å². The number of aromatic nitrogens is 1. The van der Waals surface area contributed by atoms with Crippen LogP contribution in [0.25, 0.3) is 0 Å². The van der Waals surface area contributed by atoms with Gasteiger partial charge in [0.15, 0.2) is 0 Å². The lowest BCUT2D eigenvalue weighted by molar-refractivity contribution is 0.208. The van der Waals surface area contributed by atoms with Gasteiger partial charge >= 0.3 is 0 Å². The lowest BCUT2D eigenvalue weighted by Gasteiger charge is -2.09. The third kappa shape index (κ3) is 3.08. The average molecular weight is 202 g/mol. The first kappa shape index (κ1) is 10.1. The number of hydrogen-bond acceptors (Lipinski definition) is 4. The summed E-state index contributed by atoms with van der Waals surface area (Å²) < 4.78 is 0. The van der Waals surface area contributed by atoms with Crippen molar-refractivity contribution in [2.45, 2.75) is 13.0 Å². The fourth-order valence-corrected chi connectivity index (χ4v) is 1.01. The summed E-state index contributed by atoms with van der Waals surface area (Å²) in [5.41, 5.74) is 6.10. The maximum absolute atomic E-state index is 9.00. The summed E-state index contributed by atoms with van der Waals surface area (Å²) in [4.78, 5) is 3.97. The number of rotatable bonds is 3. The highest BCUT2D eigenvalue weighted by molar-refractivity contribution is 6.30. The van der Waals surface area contributed by atoms with Crippen LogP contribution in [0.1, 0.15) is 6.92 Å². The second-order valence-electron chi connectivity index (χ2n) is 2.82. The van der Waals surface area contributed by atoms with Crippen molar-refractivity contribution >= 4 is 23.1 Å². The zero-order chi connectivity index (χ0) is 9.84. The number of nitrogen functional groups attached to an aromatic ring is 1. The van der Waals surface area contributed by atoms with Crippen LogP contribution in [-0.4, -0.2) is 22.7 Å². The molecule has 0 radical (unpaired) electrons. The highest BCUT2D eigenvalue weighted by Gasteiger charge is 2.02. The molecule has 0 saturated heterocycles. The minimum absolute atomic E-state index is 0.416. The van der Waals surface area contributed by atoms with Crippen molar-refractivity contribution in [3.8, 4) is 0 Å². The highest BCUT2D eigenvalue weighted by atomic mass is 35.5. The van der Waals surface area contributed by atoms with E-state index in [0.717, 1.165) is 0 Å². The molecule has 0 aliphatic carbocycles. The molecule has 0 bridgehead atoms. The first-order valence-corrected chi connectivity index (χ1v) is 4.30. The Morgan fingerprint density at radius 3 is 3.00 bits per heavy atom. The molecule has 1 aromatic rings. The molecule has 0 fully saturated rings. The largest absolute Gasteiger partial charge is 0.396 e. The Kier molecular flexibility index (Phi) is 3.33. The monoisotopic (exact) mass is 201 g/mol. The van der Waals surface area contributed by atoms with Gasteiger partial charge in [-0.2, -0.15) is 0 Å². The number of hydrogen-bond donors (Lipinski definition) is 3. The van der Waals surface area contributed by atoms with Gasteiger partial charge in [0.25, 0.3) is 0 Å². The molecule has 0 saturated carbocycles. The molecule has 0 spiro atoms. The predicted octanol–water partition coefficient (Wildman–Crippen LogP) is 1.11. The molecule has 1 aromatic heterocycles. The molecule has 13 heavy (non-hydrogen) atoms. The molecule has 0 aliphatic heterocycles. The zero-order valence-electron chi connectivity index (χ0n) is 7.29. The molecule has 4 nitrogen and oxygen atoms in total. The number of nitrogens with zero attached hydrogens (tertiary/aromatic N) is 1. The van der Waals surface area contributed by atoms with Gasteiger partial charge in [-0.15, -0.1) is 0 Å². The quantitative estimate of drug-likeness (QED) is 0.685. The number of halogens is 1. The molecular formula is C8H12ClN3O. The normalized spacial score (nSPS) is 12.5. The number of aliphatic hydroxyl groups excluding tert-OH is 1. The van der Waals surface area contributed by atoms with Crippen LogP contribution in [0, 0.1) is 0 Å². The van der Waals surface area contributed by atoms with Gasteiger partial charge in [-0.05, 0) is 13.0 Å². The summed E-state index contributed by atoms with van der Waals surface area (Å²) in [6.45, 7) is 2.10. The molecule has 72 valence electrons. The van der Waals surface area contributed by atoms with Gasteiger partial charge in [0.1, 0.15) is 5.82 Å². The fraction of sp³-hybridized carbons (Fsp3) is 0.375. The lowest BCUT2D eigenvalue weighted by Crippen LogP contribution is -2.16. The van der Waals surface area contributed by atoms with Crippen LogP contribution in [0.15, 0.2) is 12.3 Å². The number of pyridine rings is 1. The molecule has 1 rings (SSSR count). The Balaban J connectivity index is 2.67. The lowest BCUT2D eigenvalue weighted by atomic mass is 10.3. The third-order valence-electron chi connectivity index (χ3n) is 1.45. The van der Waals surface area contributed by atoms with Gasteiger partial charge in [-0.1, -0.05) is 11.6 Å². The zero-order valence-corrected chi connectivity index (χ0v) is 8.04. The summed E-state index contributed by atoms with van der Waals surface area (Å²) in [6, 6.07) is 1.61. The van der Waals surface area contributed by atoms with Crippen LogP contribution < -0.4 is 11.1 Å². The van der Waals surface area contributed by atoms with E-state index in [1.165, 1.54) is 6.20 Å². The van der Waals surface area contributed by atoms with Crippen molar-refractivity contribution in [1.82, 2.24) is 4.98 Å². The Morgan fingerprint density at radius 1 is 1.77 bits per heavy atom. The molecule has 5 heteroatoms. The van der Waals surface area contributed by atoms with E-state index in [4.69, 9.17) is 22.4 Å². The number of anilines is 2. The van der Waals surface area contributed by atoms with Crippen LogP contribution in [0.3, 0.4) is 0 Å². The Morgan fingerprint density at radius 2 is 2.46 bits per heavy atom. The minimum Gasteiger partial charge on any atom is -0.396 e. The molecule has 0 amide bonds. The van der Waals surface area contributed by atoms with Crippen molar-refractivity contribution in [2.75, 3.05) is 17.6 Å². The van der Waals surface area contributed by atoms with Crippen molar-refractivity contribution in [3.05, 3.63) is 17.3 Å². The Bertz CT molecular complexity index is 291. The Labute approximate surface area is 81.7 Å². The van der Waals surface area contributed by atoms with Gasteiger partial charge in [0.2, 0.25) is 0 Å². The average Bonchev–Trinajstić information content (AvgIpc) is 2.02. The van der Waals surface area contributed by atoms with Crippen molar-refractivity contribution in [2.24, 2.45) is 0 Å². The first-order chi connectivity index (χ1) is 6.09. The second kappa shape index (κ2) is 4.30. The van der Waals surface area contributed by atoms with Crippen LogP contribution >= 0.6 is 11.6 Å². The van der Waals surface area contributed by atoms with Crippen molar-refractivity contribution in [3.63, 3.8) is 0 Å². The first-order valence-electron chi connectivity index (χ1n) is 3.92. The van der Waals surface area contributed by atoms with E-state index in [1.54, 1.807) is 13.0 Å². The standard InChI is InChI=1S/C8H12ClN3O/c1-5(13)3-11-8-7(10)2-6(9)4-12-8/h2,4-5,13H,3,10H2,1H3,(H,11,12). The maximum atomic E-state index is 9.00. The third-order valence-corrected chi connectivity index (χ3v) is 1.66. The smallest absolute Gasteiger partial charge is 0.149 e. The molecule has 1 atom stereocenters. The molecule has 1 unspecified atom stereocenters. The Hall–Kier alpha value is -1.00. The number of nitrogens with one attached hydrogen (secondary N) is 1. The van der Waals surface area contributed by atoms with Crippen molar-refractivity contribution < 1.29 is 5.11 Å². The molecule has 4 N–H and O–H groups in total. The predicted molar refractivity (Wildman–Crippen MR) is 53.8 cm³/mol. The summed E-state index contributed by atoms with van der Waals surface area (Å²) in [6.07, 6.45) is 1.07.